The van der Waals surface area contributed by atoms with Gasteiger partial charge in [0.1, 0.15) is 0 Å². The Morgan fingerprint density at radius 1 is 1.29 bits per heavy atom. The molecule has 0 saturated heterocycles. The molecule has 1 aromatic heterocycles. The fraction of sp³-hybridized carbons (Fsp3) is 0.444. The van der Waals surface area contributed by atoms with Crippen molar-refractivity contribution < 1.29 is 0 Å². The molecule has 2 nitrogen and oxygen atoms in total. The molecular formula is C18H24N2S. The van der Waals surface area contributed by atoms with Gasteiger partial charge in [0.15, 0.2) is 0 Å². The minimum atomic E-state index is 0.522. The fourth-order valence-electron chi connectivity index (χ4n) is 3.18. The first-order chi connectivity index (χ1) is 10.2. The molecule has 0 bridgehead atoms. The summed E-state index contributed by atoms with van der Waals surface area (Å²) in [4.78, 5) is 3.99. The van der Waals surface area contributed by atoms with E-state index in [0.29, 0.717) is 6.04 Å². The highest BCUT2D eigenvalue weighted by Crippen LogP contribution is 2.30. The summed E-state index contributed by atoms with van der Waals surface area (Å²) in [6, 6.07) is 13.7. The van der Waals surface area contributed by atoms with Crippen molar-refractivity contribution in [2.75, 3.05) is 18.0 Å². The maximum absolute atomic E-state index is 3.60. The van der Waals surface area contributed by atoms with Crippen LogP contribution in [-0.2, 0) is 13.0 Å². The normalized spacial score (nSPS) is 19.3. The molecule has 21 heavy (non-hydrogen) atoms. The van der Waals surface area contributed by atoms with E-state index in [2.05, 4.69) is 65.8 Å². The van der Waals surface area contributed by atoms with Gasteiger partial charge in [0, 0.05) is 36.2 Å². The summed E-state index contributed by atoms with van der Waals surface area (Å²) in [5.41, 5.74) is 2.93. The molecule has 1 N–H and O–H groups in total. The molecule has 1 aromatic carbocycles. The van der Waals surface area contributed by atoms with Crippen LogP contribution in [0.25, 0.3) is 0 Å². The van der Waals surface area contributed by atoms with Gasteiger partial charge in [-0.1, -0.05) is 31.2 Å². The van der Waals surface area contributed by atoms with Crippen LogP contribution < -0.4 is 10.2 Å². The second kappa shape index (κ2) is 6.63. The van der Waals surface area contributed by atoms with E-state index in [-0.39, 0.29) is 0 Å². The summed E-state index contributed by atoms with van der Waals surface area (Å²) >= 11 is 1.82. The van der Waals surface area contributed by atoms with Crippen LogP contribution in [0.4, 0.5) is 5.69 Å². The quantitative estimate of drug-likeness (QED) is 0.900. The monoisotopic (exact) mass is 300 g/mol. The second-order valence-corrected chi connectivity index (χ2v) is 7.18. The molecule has 0 aliphatic carbocycles. The molecule has 2 heterocycles. The van der Waals surface area contributed by atoms with Crippen molar-refractivity contribution in [1.29, 1.82) is 0 Å². The SMILES string of the molecule is CC1Cc2ccccc2N(C(C)CNCc2cccs2)C1. The van der Waals surface area contributed by atoms with Crippen LogP contribution >= 0.6 is 11.3 Å². The molecule has 0 saturated carbocycles. The molecule has 3 heteroatoms. The lowest BCUT2D eigenvalue weighted by Gasteiger charge is -2.39. The first-order valence-electron chi connectivity index (χ1n) is 7.81. The molecule has 2 atom stereocenters. The van der Waals surface area contributed by atoms with Crippen LogP contribution in [0.1, 0.15) is 24.3 Å². The highest BCUT2D eigenvalue weighted by atomic mass is 32.1. The van der Waals surface area contributed by atoms with Crippen molar-refractivity contribution in [3.05, 3.63) is 52.2 Å². The van der Waals surface area contributed by atoms with Crippen LogP contribution in [0.5, 0.6) is 0 Å². The lowest BCUT2D eigenvalue weighted by molar-refractivity contribution is 0.476. The Bertz CT molecular complexity index is 564. The van der Waals surface area contributed by atoms with Crippen molar-refractivity contribution in [2.24, 2.45) is 5.92 Å². The van der Waals surface area contributed by atoms with Gasteiger partial charge in [-0.05, 0) is 42.3 Å². The molecule has 2 unspecified atom stereocenters. The highest BCUT2D eigenvalue weighted by molar-refractivity contribution is 7.09. The number of nitrogens with zero attached hydrogens (tertiary/aromatic N) is 1. The Kier molecular flexibility index (Phi) is 4.61. The zero-order chi connectivity index (χ0) is 14.7. The summed E-state index contributed by atoms with van der Waals surface area (Å²) in [5, 5.41) is 5.74. The Balaban J connectivity index is 1.62. The van der Waals surface area contributed by atoms with Gasteiger partial charge in [0.2, 0.25) is 0 Å². The van der Waals surface area contributed by atoms with E-state index >= 15 is 0 Å². The third-order valence-electron chi connectivity index (χ3n) is 4.23. The number of hydrogen-bond donors (Lipinski definition) is 1. The van der Waals surface area contributed by atoms with E-state index in [9.17, 15) is 0 Å². The highest BCUT2D eigenvalue weighted by Gasteiger charge is 2.24. The van der Waals surface area contributed by atoms with Crippen LogP contribution in [0, 0.1) is 5.92 Å². The van der Waals surface area contributed by atoms with Gasteiger partial charge in [-0.2, -0.15) is 0 Å². The minimum Gasteiger partial charge on any atom is -0.367 e. The minimum absolute atomic E-state index is 0.522. The molecular weight excluding hydrogens is 276 g/mol. The first-order valence-corrected chi connectivity index (χ1v) is 8.69. The summed E-state index contributed by atoms with van der Waals surface area (Å²) in [7, 11) is 0. The predicted octanol–water partition coefficient (Wildman–Crippen LogP) is 3.93. The number of hydrogen-bond acceptors (Lipinski definition) is 3. The average molecular weight is 300 g/mol. The zero-order valence-corrected chi connectivity index (χ0v) is 13.7. The van der Waals surface area contributed by atoms with E-state index in [0.717, 1.165) is 19.0 Å². The predicted molar refractivity (Wildman–Crippen MR) is 92.1 cm³/mol. The van der Waals surface area contributed by atoms with Crippen molar-refractivity contribution in [1.82, 2.24) is 5.32 Å². The maximum Gasteiger partial charge on any atom is 0.0401 e. The van der Waals surface area contributed by atoms with Crippen molar-refractivity contribution in [3.8, 4) is 0 Å². The van der Waals surface area contributed by atoms with Crippen molar-refractivity contribution in [2.45, 2.75) is 32.9 Å². The van der Waals surface area contributed by atoms with Gasteiger partial charge in [-0.3, -0.25) is 0 Å². The van der Waals surface area contributed by atoms with Gasteiger partial charge in [-0.25, -0.2) is 0 Å². The number of rotatable bonds is 5. The van der Waals surface area contributed by atoms with Crippen LogP contribution in [0.3, 0.4) is 0 Å². The van der Waals surface area contributed by atoms with Crippen molar-refractivity contribution in [3.63, 3.8) is 0 Å². The third-order valence-corrected chi connectivity index (χ3v) is 5.11. The Morgan fingerprint density at radius 3 is 2.95 bits per heavy atom. The summed E-state index contributed by atoms with van der Waals surface area (Å²) < 4.78 is 0. The topological polar surface area (TPSA) is 15.3 Å². The van der Waals surface area contributed by atoms with Gasteiger partial charge >= 0.3 is 0 Å². The molecule has 3 rings (SSSR count). The van der Waals surface area contributed by atoms with E-state index in [1.165, 1.54) is 29.1 Å². The Hall–Kier alpha value is -1.32. The van der Waals surface area contributed by atoms with Gasteiger partial charge in [-0.15, -0.1) is 11.3 Å². The van der Waals surface area contributed by atoms with Crippen LogP contribution in [0.2, 0.25) is 0 Å². The molecule has 0 spiro atoms. The summed E-state index contributed by atoms with van der Waals surface area (Å²) in [6.07, 6.45) is 1.21. The molecule has 1 aliphatic heterocycles. The molecule has 0 amide bonds. The third kappa shape index (κ3) is 3.47. The summed E-state index contributed by atoms with van der Waals surface area (Å²) in [6.45, 7) is 7.86. The fourth-order valence-corrected chi connectivity index (χ4v) is 3.86. The largest absolute Gasteiger partial charge is 0.367 e. The standard InChI is InChI=1S/C18H24N2S/c1-14-10-16-6-3-4-8-18(16)20(13-14)15(2)11-19-12-17-7-5-9-21-17/h3-9,14-15,19H,10-13H2,1-2H3. The Labute approximate surface area is 131 Å². The van der Waals surface area contributed by atoms with E-state index in [4.69, 9.17) is 0 Å². The number of thiophene rings is 1. The van der Waals surface area contributed by atoms with E-state index < -0.39 is 0 Å². The lowest BCUT2D eigenvalue weighted by Crippen LogP contribution is -2.45. The lowest BCUT2D eigenvalue weighted by atomic mass is 9.93. The molecule has 0 radical (unpaired) electrons. The Morgan fingerprint density at radius 2 is 2.14 bits per heavy atom. The number of para-hydroxylation sites is 1. The number of nitrogens with one attached hydrogen (secondary N) is 1. The molecule has 1 aliphatic rings. The van der Waals surface area contributed by atoms with E-state index in [1.54, 1.807) is 0 Å². The van der Waals surface area contributed by atoms with Gasteiger partial charge < -0.3 is 10.2 Å². The number of benzene rings is 1. The van der Waals surface area contributed by atoms with E-state index in [1.807, 2.05) is 11.3 Å². The summed E-state index contributed by atoms with van der Waals surface area (Å²) in [5.74, 6) is 0.736. The number of fused-ring (bicyclic) bond motifs is 1. The zero-order valence-electron chi connectivity index (χ0n) is 12.9. The molecule has 2 aromatic rings. The maximum atomic E-state index is 3.60. The van der Waals surface area contributed by atoms with Crippen LogP contribution in [0.15, 0.2) is 41.8 Å². The van der Waals surface area contributed by atoms with Gasteiger partial charge in [0.05, 0.1) is 0 Å². The smallest absolute Gasteiger partial charge is 0.0401 e. The van der Waals surface area contributed by atoms with Crippen molar-refractivity contribution >= 4 is 17.0 Å². The first kappa shape index (κ1) is 14.6. The van der Waals surface area contributed by atoms with Crippen LogP contribution in [-0.4, -0.2) is 19.1 Å². The second-order valence-electron chi connectivity index (χ2n) is 6.15. The molecule has 0 fully saturated rings. The number of anilines is 1. The molecule has 112 valence electrons. The average Bonchev–Trinajstić information content (AvgIpc) is 2.99. The van der Waals surface area contributed by atoms with Gasteiger partial charge in [0.25, 0.3) is 0 Å².